The molecule has 0 unspecified atom stereocenters. The first-order chi connectivity index (χ1) is 3.50. The SMILES string of the molecule is [2H]C([2H])C(C)(C)NC. The van der Waals surface area contributed by atoms with Crippen LogP contribution in [0.4, 0.5) is 0 Å². The van der Waals surface area contributed by atoms with Crippen LogP contribution in [0.25, 0.3) is 0 Å². The van der Waals surface area contributed by atoms with Crippen LogP contribution < -0.4 is 5.32 Å². The normalized spacial score (nSPS) is 17.3. The summed E-state index contributed by atoms with van der Waals surface area (Å²) in [4.78, 5) is 0. The Kier molecular flexibility index (Phi) is 0.810. The molecule has 0 aliphatic carbocycles. The molecule has 0 atom stereocenters. The molecule has 0 fully saturated rings. The number of rotatable bonds is 0. The molecule has 1 nitrogen and oxygen atoms in total. The second-order valence-corrected chi connectivity index (χ2v) is 1.97. The van der Waals surface area contributed by atoms with E-state index < -0.39 is 6.88 Å². The third-order valence-corrected chi connectivity index (χ3v) is 0.644. The highest BCUT2D eigenvalue weighted by atomic mass is 14.9. The van der Waals surface area contributed by atoms with E-state index in [-0.39, 0.29) is 5.54 Å². The van der Waals surface area contributed by atoms with Crippen molar-refractivity contribution in [2.75, 3.05) is 7.05 Å². The summed E-state index contributed by atoms with van der Waals surface area (Å²) >= 11 is 0. The number of hydrogen-bond donors (Lipinski definition) is 1. The molecule has 0 aromatic rings. The fourth-order valence-corrected chi connectivity index (χ4v) is 0. The van der Waals surface area contributed by atoms with Crippen molar-refractivity contribution in [3.63, 3.8) is 0 Å². The Hall–Kier alpha value is -0.0400. The van der Waals surface area contributed by atoms with Crippen molar-refractivity contribution in [1.82, 2.24) is 5.32 Å². The van der Waals surface area contributed by atoms with Crippen LogP contribution in [0.1, 0.15) is 23.5 Å². The van der Waals surface area contributed by atoms with Crippen molar-refractivity contribution in [2.45, 2.75) is 26.3 Å². The van der Waals surface area contributed by atoms with Gasteiger partial charge in [0.25, 0.3) is 0 Å². The van der Waals surface area contributed by atoms with E-state index in [9.17, 15) is 0 Å². The Balaban J connectivity index is 3.71. The van der Waals surface area contributed by atoms with Crippen LogP contribution in [-0.2, 0) is 0 Å². The van der Waals surface area contributed by atoms with E-state index in [4.69, 9.17) is 2.74 Å². The lowest BCUT2D eigenvalue weighted by Crippen LogP contribution is -2.31. The Bertz CT molecular complexity index is 70.8. The van der Waals surface area contributed by atoms with Crippen LogP contribution in [0.2, 0.25) is 0 Å². The van der Waals surface area contributed by atoms with Crippen LogP contribution in [0, 0.1) is 0 Å². The summed E-state index contributed by atoms with van der Waals surface area (Å²) in [6, 6.07) is 0. The Morgan fingerprint density at radius 2 is 2.17 bits per heavy atom. The monoisotopic (exact) mass is 89.1 g/mol. The maximum Gasteiger partial charge on any atom is 0.0249 e. The fraction of sp³-hybridized carbons (Fsp3) is 1.00. The van der Waals surface area contributed by atoms with Gasteiger partial charge in [-0.25, -0.2) is 0 Å². The van der Waals surface area contributed by atoms with E-state index in [0.29, 0.717) is 0 Å². The molecule has 1 heteroatoms. The maximum atomic E-state index is 6.98. The zero-order valence-corrected chi connectivity index (χ0v) is 4.58. The van der Waals surface area contributed by atoms with E-state index in [1.807, 2.05) is 13.8 Å². The van der Waals surface area contributed by atoms with Crippen LogP contribution in [-0.4, -0.2) is 12.6 Å². The summed E-state index contributed by atoms with van der Waals surface area (Å²) in [6.45, 7) is 2.86. The average molecular weight is 89.2 g/mol. The molecule has 0 heterocycles. The molecule has 0 aromatic heterocycles. The molecule has 0 amide bonds. The molecule has 0 rings (SSSR count). The molecule has 0 saturated carbocycles. The Labute approximate surface area is 42.6 Å². The van der Waals surface area contributed by atoms with E-state index >= 15 is 0 Å². The van der Waals surface area contributed by atoms with Crippen molar-refractivity contribution < 1.29 is 2.74 Å². The zero-order chi connectivity index (χ0) is 6.78. The van der Waals surface area contributed by atoms with Gasteiger partial charge in [0.1, 0.15) is 0 Å². The molecule has 0 bridgehead atoms. The van der Waals surface area contributed by atoms with Gasteiger partial charge in [-0.3, -0.25) is 0 Å². The first kappa shape index (κ1) is 3.03. The summed E-state index contributed by atoms with van der Waals surface area (Å²) in [6.07, 6.45) is 0. The van der Waals surface area contributed by atoms with Gasteiger partial charge in [0, 0.05) is 8.28 Å². The predicted molar refractivity (Wildman–Crippen MR) is 28.8 cm³/mol. The lowest BCUT2D eigenvalue weighted by atomic mass is 10.1. The molecule has 38 valence electrons. The van der Waals surface area contributed by atoms with E-state index in [2.05, 4.69) is 5.32 Å². The van der Waals surface area contributed by atoms with Gasteiger partial charge in [-0.05, 0) is 27.8 Å². The standard InChI is InChI=1S/C5H13N/c1-5(2,3)6-4/h6H,1-4H3/i1D2. The molecule has 0 spiro atoms. The van der Waals surface area contributed by atoms with Gasteiger partial charge in [-0.1, -0.05) is 0 Å². The molecular weight excluding hydrogens is 74.1 g/mol. The van der Waals surface area contributed by atoms with Crippen LogP contribution in [0.5, 0.6) is 0 Å². The minimum Gasteiger partial charge on any atom is -0.315 e. The maximum absolute atomic E-state index is 6.98. The molecular formula is C5H13N. The van der Waals surface area contributed by atoms with E-state index in [1.165, 1.54) is 0 Å². The minimum absolute atomic E-state index is 0.375. The Morgan fingerprint density at radius 3 is 2.17 bits per heavy atom. The van der Waals surface area contributed by atoms with Gasteiger partial charge >= 0.3 is 0 Å². The van der Waals surface area contributed by atoms with Crippen molar-refractivity contribution in [1.29, 1.82) is 0 Å². The first-order valence-electron chi connectivity index (χ1n) is 3.19. The van der Waals surface area contributed by atoms with Crippen molar-refractivity contribution in [3.05, 3.63) is 0 Å². The highest BCUT2D eigenvalue weighted by molar-refractivity contribution is 4.65. The predicted octanol–water partition coefficient (Wildman–Crippen LogP) is 1.00. The topological polar surface area (TPSA) is 12.0 Å². The van der Waals surface area contributed by atoms with Gasteiger partial charge in [0.05, 0.1) is 0 Å². The van der Waals surface area contributed by atoms with Crippen LogP contribution in [0.15, 0.2) is 0 Å². The second-order valence-electron chi connectivity index (χ2n) is 1.97. The number of hydrogen-bond acceptors (Lipinski definition) is 1. The zero-order valence-electron chi connectivity index (χ0n) is 6.58. The third-order valence-electron chi connectivity index (χ3n) is 0.644. The van der Waals surface area contributed by atoms with Gasteiger partial charge in [0.15, 0.2) is 0 Å². The average Bonchev–Trinajstić information content (AvgIpc) is 1.67. The highest BCUT2D eigenvalue weighted by Crippen LogP contribution is 1.93. The molecule has 0 saturated heterocycles. The molecule has 0 aromatic carbocycles. The summed E-state index contributed by atoms with van der Waals surface area (Å²) in [5, 5.41) is 2.87. The summed E-state index contributed by atoms with van der Waals surface area (Å²) in [7, 11) is 1.76. The number of nitrogens with one attached hydrogen (secondary N) is 1. The molecule has 6 heavy (non-hydrogen) atoms. The Morgan fingerprint density at radius 1 is 1.67 bits per heavy atom. The summed E-state index contributed by atoms with van der Waals surface area (Å²) in [5.74, 6) is 0. The molecule has 0 aliphatic heterocycles. The largest absolute Gasteiger partial charge is 0.315 e. The fourth-order valence-electron chi connectivity index (χ4n) is 0. The first-order valence-corrected chi connectivity index (χ1v) is 2.04. The lowest BCUT2D eigenvalue weighted by molar-refractivity contribution is 0.469. The van der Waals surface area contributed by atoms with Gasteiger partial charge in [-0.2, -0.15) is 0 Å². The summed E-state index contributed by atoms with van der Waals surface area (Å²) in [5.41, 5.74) is -0.375. The minimum atomic E-state index is -0.799. The van der Waals surface area contributed by atoms with Crippen molar-refractivity contribution in [3.8, 4) is 0 Å². The van der Waals surface area contributed by atoms with Crippen LogP contribution in [0.3, 0.4) is 0 Å². The quantitative estimate of drug-likeness (QED) is 0.467. The van der Waals surface area contributed by atoms with Gasteiger partial charge in [-0.15, -0.1) is 0 Å². The van der Waals surface area contributed by atoms with Gasteiger partial charge < -0.3 is 5.32 Å². The lowest BCUT2D eigenvalue weighted by Gasteiger charge is -2.15. The molecule has 0 radical (unpaired) electrons. The van der Waals surface area contributed by atoms with Gasteiger partial charge in [0.2, 0.25) is 0 Å². The van der Waals surface area contributed by atoms with Crippen molar-refractivity contribution in [2.24, 2.45) is 0 Å². The van der Waals surface area contributed by atoms with Crippen LogP contribution >= 0.6 is 0 Å². The van der Waals surface area contributed by atoms with Crippen molar-refractivity contribution >= 4 is 0 Å². The second kappa shape index (κ2) is 1.61. The third kappa shape index (κ3) is 3.96. The molecule has 1 N–H and O–H groups in total. The van der Waals surface area contributed by atoms with E-state index in [1.54, 1.807) is 7.05 Å². The highest BCUT2D eigenvalue weighted by Gasteiger charge is 2.01. The summed E-state index contributed by atoms with van der Waals surface area (Å²) < 4.78 is 14.0. The molecule has 0 aliphatic rings. The van der Waals surface area contributed by atoms with E-state index in [0.717, 1.165) is 0 Å². The smallest absolute Gasteiger partial charge is 0.0249 e.